The van der Waals surface area contributed by atoms with Gasteiger partial charge < -0.3 is 10.6 Å². The van der Waals surface area contributed by atoms with Crippen molar-refractivity contribution in [1.82, 2.24) is 4.90 Å². The quantitative estimate of drug-likeness (QED) is 0.832. The van der Waals surface area contributed by atoms with E-state index in [9.17, 15) is 9.59 Å². The minimum absolute atomic E-state index is 0.0570. The van der Waals surface area contributed by atoms with Gasteiger partial charge in [-0.3, -0.25) is 9.59 Å². The van der Waals surface area contributed by atoms with Gasteiger partial charge in [-0.25, -0.2) is 0 Å². The fraction of sp³-hybridized carbons (Fsp3) is 0.364. The third-order valence-corrected chi connectivity index (χ3v) is 5.13. The Kier molecular flexibility index (Phi) is 5.84. The zero-order chi connectivity index (χ0) is 18.5. The van der Waals surface area contributed by atoms with Crippen LogP contribution in [-0.4, -0.2) is 35.7 Å². The Balaban J connectivity index is 1.80. The van der Waals surface area contributed by atoms with E-state index in [1.165, 1.54) is 0 Å². The average molecular weight is 350 g/mol. The highest BCUT2D eigenvalue weighted by molar-refractivity contribution is 5.97. The highest BCUT2D eigenvalue weighted by atomic mass is 16.2. The number of rotatable bonds is 5. The third kappa shape index (κ3) is 3.86. The fourth-order valence-electron chi connectivity index (χ4n) is 3.56. The van der Waals surface area contributed by atoms with E-state index in [1.807, 2.05) is 60.4 Å². The number of hydrogen-bond acceptors (Lipinski definition) is 3. The van der Waals surface area contributed by atoms with Gasteiger partial charge in [0, 0.05) is 36.7 Å². The summed E-state index contributed by atoms with van der Waals surface area (Å²) >= 11 is 0. The van der Waals surface area contributed by atoms with E-state index in [0.29, 0.717) is 18.5 Å². The van der Waals surface area contributed by atoms with Crippen LogP contribution in [-0.2, 0) is 0 Å². The Hall–Kier alpha value is -2.46. The SMILES string of the molecule is CCC(=O)c1cccc(-c2ccc(C(=O)N3CCCC[C@@H]3CN)cc2)c1. The van der Waals surface area contributed by atoms with E-state index in [0.717, 1.165) is 42.5 Å². The number of piperidine rings is 1. The molecule has 2 aromatic carbocycles. The van der Waals surface area contributed by atoms with Gasteiger partial charge in [-0.1, -0.05) is 37.3 Å². The summed E-state index contributed by atoms with van der Waals surface area (Å²) < 4.78 is 0. The van der Waals surface area contributed by atoms with Crippen LogP contribution in [0.25, 0.3) is 11.1 Å². The van der Waals surface area contributed by atoms with Crippen molar-refractivity contribution in [3.8, 4) is 11.1 Å². The van der Waals surface area contributed by atoms with Gasteiger partial charge in [-0.15, -0.1) is 0 Å². The van der Waals surface area contributed by atoms with Crippen LogP contribution in [0.2, 0.25) is 0 Å². The smallest absolute Gasteiger partial charge is 0.254 e. The summed E-state index contributed by atoms with van der Waals surface area (Å²) in [5, 5.41) is 0. The molecule has 1 saturated heterocycles. The van der Waals surface area contributed by atoms with Crippen LogP contribution in [0.5, 0.6) is 0 Å². The first-order valence-electron chi connectivity index (χ1n) is 9.38. The van der Waals surface area contributed by atoms with Crippen molar-refractivity contribution in [1.29, 1.82) is 0 Å². The Morgan fingerprint density at radius 1 is 1.04 bits per heavy atom. The van der Waals surface area contributed by atoms with Crippen LogP contribution >= 0.6 is 0 Å². The number of Topliss-reactive ketones (excluding diaryl/α,β-unsaturated/α-hetero) is 1. The molecule has 0 saturated carbocycles. The molecule has 1 amide bonds. The molecular weight excluding hydrogens is 324 g/mol. The molecule has 0 unspecified atom stereocenters. The van der Waals surface area contributed by atoms with Gasteiger partial charge in [-0.2, -0.15) is 0 Å². The maximum atomic E-state index is 12.8. The number of carbonyl (C=O) groups excluding carboxylic acids is 2. The van der Waals surface area contributed by atoms with E-state index in [4.69, 9.17) is 5.73 Å². The molecule has 3 rings (SSSR count). The van der Waals surface area contributed by atoms with Crippen molar-refractivity contribution in [2.45, 2.75) is 38.6 Å². The van der Waals surface area contributed by atoms with Gasteiger partial charge in [0.25, 0.3) is 5.91 Å². The molecule has 0 spiro atoms. The van der Waals surface area contributed by atoms with Crippen molar-refractivity contribution in [2.24, 2.45) is 5.73 Å². The summed E-state index contributed by atoms with van der Waals surface area (Å²) in [4.78, 5) is 26.7. The van der Waals surface area contributed by atoms with Gasteiger partial charge in [0.05, 0.1) is 0 Å². The molecule has 26 heavy (non-hydrogen) atoms. The molecule has 4 nitrogen and oxygen atoms in total. The minimum Gasteiger partial charge on any atom is -0.334 e. The Morgan fingerprint density at radius 3 is 2.50 bits per heavy atom. The fourth-order valence-corrected chi connectivity index (χ4v) is 3.56. The molecule has 2 N–H and O–H groups in total. The summed E-state index contributed by atoms with van der Waals surface area (Å²) in [6.07, 6.45) is 3.66. The lowest BCUT2D eigenvalue weighted by Gasteiger charge is -2.35. The van der Waals surface area contributed by atoms with Crippen LogP contribution in [0.1, 0.15) is 53.3 Å². The standard InChI is InChI=1S/C22H26N2O2/c1-2-21(25)19-7-5-6-18(14-19)16-9-11-17(12-10-16)22(26)24-13-4-3-8-20(24)15-23/h5-7,9-12,14,20H,2-4,8,13,15,23H2,1H3/t20-/m1/s1. The first-order chi connectivity index (χ1) is 12.6. The molecule has 136 valence electrons. The number of amides is 1. The molecule has 2 aromatic rings. The number of hydrogen-bond donors (Lipinski definition) is 1. The lowest BCUT2D eigenvalue weighted by molar-refractivity contribution is 0.0623. The van der Waals surface area contributed by atoms with E-state index in [-0.39, 0.29) is 17.7 Å². The maximum absolute atomic E-state index is 12.8. The highest BCUT2D eigenvalue weighted by Crippen LogP contribution is 2.24. The molecule has 0 radical (unpaired) electrons. The first-order valence-corrected chi connectivity index (χ1v) is 9.38. The average Bonchev–Trinajstić information content (AvgIpc) is 2.72. The summed E-state index contributed by atoms with van der Waals surface area (Å²) in [5.74, 6) is 0.193. The monoisotopic (exact) mass is 350 g/mol. The van der Waals surface area contributed by atoms with Gasteiger partial charge in [0.15, 0.2) is 5.78 Å². The number of carbonyl (C=O) groups is 2. The van der Waals surface area contributed by atoms with Gasteiger partial charge in [-0.05, 0) is 48.6 Å². The second-order valence-corrected chi connectivity index (χ2v) is 6.82. The number of benzene rings is 2. The van der Waals surface area contributed by atoms with Crippen molar-refractivity contribution < 1.29 is 9.59 Å². The summed E-state index contributed by atoms with van der Waals surface area (Å²) in [6.45, 7) is 3.16. The number of likely N-dealkylation sites (tertiary alicyclic amines) is 1. The number of ketones is 1. The van der Waals surface area contributed by atoms with Crippen molar-refractivity contribution >= 4 is 11.7 Å². The molecule has 1 aliphatic rings. The van der Waals surface area contributed by atoms with E-state index in [1.54, 1.807) is 0 Å². The van der Waals surface area contributed by atoms with E-state index in [2.05, 4.69) is 0 Å². The second-order valence-electron chi connectivity index (χ2n) is 6.82. The predicted octanol–water partition coefficient (Wildman–Crippen LogP) is 3.90. The molecule has 1 aliphatic heterocycles. The predicted molar refractivity (Wildman–Crippen MR) is 104 cm³/mol. The maximum Gasteiger partial charge on any atom is 0.254 e. The van der Waals surface area contributed by atoms with Crippen LogP contribution < -0.4 is 5.73 Å². The summed E-state index contributed by atoms with van der Waals surface area (Å²) in [6, 6.07) is 15.4. The molecule has 0 aromatic heterocycles. The molecule has 1 atom stereocenters. The Labute approximate surface area is 155 Å². The Morgan fingerprint density at radius 2 is 1.81 bits per heavy atom. The molecule has 4 heteroatoms. The molecule has 0 aliphatic carbocycles. The molecule has 1 fully saturated rings. The van der Waals surface area contributed by atoms with Crippen LogP contribution in [0.3, 0.4) is 0 Å². The zero-order valence-corrected chi connectivity index (χ0v) is 15.3. The second kappa shape index (κ2) is 8.28. The van der Waals surface area contributed by atoms with Crippen LogP contribution in [0.15, 0.2) is 48.5 Å². The number of nitrogens with zero attached hydrogens (tertiary/aromatic N) is 1. The van der Waals surface area contributed by atoms with Crippen molar-refractivity contribution in [3.63, 3.8) is 0 Å². The van der Waals surface area contributed by atoms with Crippen LogP contribution in [0, 0.1) is 0 Å². The van der Waals surface area contributed by atoms with Gasteiger partial charge in [0.2, 0.25) is 0 Å². The zero-order valence-electron chi connectivity index (χ0n) is 15.3. The van der Waals surface area contributed by atoms with Crippen LogP contribution in [0.4, 0.5) is 0 Å². The molecule has 1 heterocycles. The highest BCUT2D eigenvalue weighted by Gasteiger charge is 2.26. The minimum atomic E-state index is 0.0570. The lowest BCUT2D eigenvalue weighted by atomic mass is 9.98. The Bertz CT molecular complexity index is 783. The topological polar surface area (TPSA) is 63.4 Å². The largest absolute Gasteiger partial charge is 0.334 e. The normalized spacial score (nSPS) is 17.2. The van der Waals surface area contributed by atoms with Crippen molar-refractivity contribution in [2.75, 3.05) is 13.1 Å². The van der Waals surface area contributed by atoms with Gasteiger partial charge >= 0.3 is 0 Å². The lowest BCUT2D eigenvalue weighted by Crippen LogP contribution is -2.47. The van der Waals surface area contributed by atoms with E-state index >= 15 is 0 Å². The summed E-state index contributed by atoms with van der Waals surface area (Å²) in [5.41, 5.74) is 9.24. The van der Waals surface area contributed by atoms with Crippen molar-refractivity contribution in [3.05, 3.63) is 59.7 Å². The third-order valence-electron chi connectivity index (χ3n) is 5.13. The molecule has 0 bridgehead atoms. The first kappa shape index (κ1) is 18.3. The molecular formula is C22H26N2O2. The van der Waals surface area contributed by atoms with Gasteiger partial charge in [0.1, 0.15) is 0 Å². The number of nitrogens with two attached hydrogens (primary N) is 1. The summed E-state index contributed by atoms with van der Waals surface area (Å²) in [7, 11) is 0. The van der Waals surface area contributed by atoms with E-state index < -0.39 is 0 Å².